The Kier molecular flexibility index (Phi) is 8.59. The molecule has 0 unspecified atom stereocenters. The Morgan fingerprint density at radius 1 is 0.661 bits per heavy atom. The van der Waals surface area contributed by atoms with Crippen LogP contribution in [0.5, 0.6) is 11.5 Å². The van der Waals surface area contributed by atoms with Crippen LogP contribution in [0.3, 0.4) is 0 Å². The maximum absolute atomic E-state index is 6.80. The molecule has 7 heteroatoms. The first kappa shape index (κ1) is 37.9. The van der Waals surface area contributed by atoms with E-state index in [1.165, 1.54) is 54.5 Å². The van der Waals surface area contributed by atoms with Gasteiger partial charge in [0.25, 0.3) is 0 Å². The van der Waals surface area contributed by atoms with Crippen molar-refractivity contribution in [2.45, 2.75) is 67.6 Å². The van der Waals surface area contributed by atoms with Gasteiger partial charge in [-0.25, -0.2) is 4.98 Å². The Bertz CT molecular complexity index is 2930. The van der Waals surface area contributed by atoms with Gasteiger partial charge in [-0.3, -0.25) is 0 Å². The summed E-state index contributed by atoms with van der Waals surface area (Å²) in [4.78, 5) is 11.8. The smallest absolute Gasteiger partial charge is 0.135 e. The maximum atomic E-state index is 6.80. The van der Waals surface area contributed by atoms with E-state index in [1.807, 2.05) is 42.2 Å². The molecule has 0 fully saturated rings. The molecule has 0 amide bonds. The summed E-state index contributed by atoms with van der Waals surface area (Å²) >= 11 is 1.89. The Hall–Kier alpha value is -5.29. The summed E-state index contributed by atoms with van der Waals surface area (Å²) in [6, 6.07) is 51.6. The zero-order valence-electron chi connectivity index (χ0n) is 34.1. The van der Waals surface area contributed by atoms with E-state index < -0.39 is 5.41 Å². The molecule has 59 heavy (non-hydrogen) atoms. The second kappa shape index (κ2) is 13.4. The predicted molar refractivity (Wildman–Crippen MR) is 237 cm³/mol. The summed E-state index contributed by atoms with van der Waals surface area (Å²) in [5, 5.41) is 2.25. The Labute approximate surface area is 365 Å². The normalized spacial score (nSPS) is 14.8. The molecule has 296 valence electrons. The van der Waals surface area contributed by atoms with Gasteiger partial charge >= 0.3 is 0 Å². The first-order chi connectivity index (χ1) is 27.9. The molecule has 2 aromatic heterocycles. The van der Waals surface area contributed by atoms with Crippen LogP contribution < -0.4 is 14.5 Å². The number of hydrogen-bond donors (Lipinski definition) is 0. The van der Waals surface area contributed by atoms with Crippen LogP contribution in [0.4, 0.5) is 17.1 Å². The van der Waals surface area contributed by atoms with E-state index in [1.54, 1.807) is 0 Å². The zero-order valence-corrected chi connectivity index (χ0v) is 37.2. The SMILES string of the molecule is CN1[CH-]N2c3[c-]c(Oc4[c-]c5c(cc4)c4ccccc4n5-c4ccccn4)ccc3C3(c4cc(C(C)(C)C)ccc4Sc4ccc(C(C)(C)C)cc43)c3cccc1c32.[Pt]. The van der Waals surface area contributed by atoms with Crippen molar-refractivity contribution in [1.29, 1.82) is 0 Å². The largest absolute Gasteiger partial charge is 0.509 e. The average molecular weight is 967 g/mol. The van der Waals surface area contributed by atoms with E-state index in [2.05, 4.69) is 179 Å². The number of anilines is 3. The minimum atomic E-state index is -0.613. The average Bonchev–Trinajstić information content (AvgIpc) is 3.73. The van der Waals surface area contributed by atoms with Crippen LogP contribution >= 0.6 is 11.8 Å². The fraction of sp³-hybridized carbons (Fsp3) is 0.192. The molecule has 0 bridgehead atoms. The van der Waals surface area contributed by atoms with Crippen LogP contribution in [-0.4, -0.2) is 16.6 Å². The standard InChI is InChI=1S/C52H43N4OS.Pt/c1-50(2,3)32-18-24-46-40(27-32)52(41-28-33(51(4,5)6)19-25-47(41)58-46)38-23-21-35(30-45(38)55-31-54(7)43-16-12-14-39(52)49(43)55)57-34-20-22-37-36-13-8-9-15-42(36)56(44(37)29-34)48-17-10-11-26-53-48;/h8-28,31H,1-7H3;/q-3;. The number of pyridine rings is 1. The molecule has 5 nitrogen and oxygen atoms in total. The third kappa shape index (κ3) is 5.59. The Morgan fingerprint density at radius 2 is 1.34 bits per heavy atom. The first-order valence-corrected chi connectivity index (χ1v) is 20.8. The van der Waals surface area contributed by atoms with Gasteiger partial charge in [-0.1, -0.05) is 125 Å². The molecule has 0 aliphatic carbocycles. The number of nitrogens with zero attached hydrogens (tertiary/aromatic N) is 4. The topological polar surface area (TPSA) is 33.5 Å². The third-order valence-corrected chi connectivity index (χ3v) is 13.4. The van der Waals surface area contributed by atoms with Crippen molar-refractivity contribution in [3.63, 3.8) is 0 Å². The number of fused-ring (bicyclic) bond motifs is 11. The van der Waals surface area contributed by atoms with Gasteiger partial charge in [0, 0.05) is 70.9 Å². The fourth-order valence-electron chi connectivity index (χ4n) is 9.37. The maximum Gasteiger partial charge on any atom is 0.135 e. The van der Waals surface area contributed by atoms with Gasteiger partial charge in [0.1, 0.15) is 5.82 Å². The van der Waals surface area contributed by atoms with E-state index in [-0.39, 0.29) is 31.9 Å². The zero-order chi connectivity index (χ0) is 39.7. The summed E-state index contributed by atoms with van der Waals surface area (Å²) < 4.78 is 8.97. The van der Waals surface area contributed by atoms with Crippen LogP contribution in [0.15, 0.2) is 137 Å². The van der Waals surface area contributed by atoms with Crippen molar-refractivity contribution in [2.24, 2.45) is 0 Å². The van der Waals surface area contributed by atoms with E-state index >= 15 is 0 Å². The van der Waals surface area contributed by atoms with Gasteiger partial charge in [-0.05, 0) is 87.5 Å². The summed E-state index contributed by atoms with van der Waals surface area (Å²) in [6.45, 7) is 16.1. The Balaban J connectivity index is 0.00000420. The molecule has 0 saturated carbocycles. The van der Waals surface area contributed by atoms with Gasteiger partial charge in [0.2, 0.25) is 0 Å². The van der Waals surface area contributed by atoms with Crippen LogP contribution in [0, 0.1) is 18.8 Å². The van der Waals surface area contributed by atoms with E-state index in [0.29, 0.717) is 11.5 Å². The number of rotatable bonds is 3. The van der Waals surface area contributed by atoms with Crippen molar-refractivity contribution >= 4 is 50.6 Å². The minimum Gasteiger partial charge on any atom is -0.509 e. The summed E-state index contributed by atoms with van der Waals surface area (Å²) in [7, 11) is 2.14. The molecular weight excluding hydrogens is 924 g/mol. The molecule has 0 atom stereocenters. The molecule has 6 aromatic carbocycles. The van der Waals surface area contributed by atoms with Crippen molar-refractivity contribution in [1.82, 2.24) is 9.55 Å². The minimum absolute atomic E-state index is 0. The quantitative estimate of drug-likeness (QED) is 0.165. The van der Waals surface area contributed by atoms with E-state index in [0.717, 1.165) is 33.3 Å². The number of hydrogen-bond acceptors (Lipinski definition) is 5. The molecule has 11 rings (SSSR count). The fourth-order valence-corrected chi connectivity index (χ4v) is 10.5. The summed E-state index contributed by atoms with van der Waals surface area (Å²) in [5.41, 5.74) is 12.4. The molecular formula is C52H43N4OPtS-3. The van der Waals surface area contributed by atoms with Gasteiger partial charge in [0.05, 0.1) is 0 Å². The first-order valence-electron chi connectivity index (χ1n) is 20.0. The molecule has 0 saturated heterocycles. The molecule has 3 aliphatic rings. The molecule has 1 spiro atoms. The van der Waals surface area contributed by atoms with Crippen molar-refractivity contribution in [2.75, 3.05) is 16.8 Å². The summed E-state index contributed by atoms with van der Waals surface area (Å²) in [6.07, 6.45) is 1.83. The summed E-state index contributed by atoms with van der Waals surface area (Å²) in [5.74, 6) is 2.09. The van der Waals surface area contributed by atoms with Crippen molar-refractivity contribution < 1.29 is 25.8 Å². The van der Waals surface area contributed by atoms with E-state index in [9.17, 15) is 0 Å². The number of aromatic nitrogens is 2. The predicted octanol–water partition coefficient (Wildman–Crippen LogP) is 13.0. The molecule has 5 heterocycles. The monoisotopic (exact) mass is 966 g/mol. The molecule has 0 N–H and O–H groups in total. The van der Waals surface area contributed by atoms with Crippen molar-refractivity contribution in [3.8, 4) is 17.3 Å². The number of para-hydroxylation sites is 2. The van der Waals surface area contributed by atoms with Gasteiger partial charge in [-0.15, -0.1) is 35.2 Å². The van der Waals surface area contributed by atoms with Crippen molar-refractivity contribution in [3.05, 3.63) is 180 Å². The number of ether oxygens (including phenoxy) is 1. The molecule has 0 radical (unpaired) electrons. The van der Waals surface area contributed by atoms with Crippen LogP contribution in [0.2, 0.25) is 0 Å². The number of benzene rings is 6. The van der Waals surface area contributed by atoms with Gasteiger partial charge < -0.3 is 19.1 Å². The van der Waals surface area contributed by atoms with Crippen LogP contribution in [0.1, 0.15) is 74.9 Å². The Morgan fingerprint density at radius 3 is 2.03 bits per heavy atom. The van der Waals surface area contributed by atoms with Crippen LogP contribution in [-0.2, 0) is 37.3 Å². The van der Waals surface area contributed by atoms with Crippen LogP contribution in [0.25, 0.3) is 27.6 Å². The van der Waals surface area contributed by atoms with E-state index in [4.69, 9.17) is 9.72 Å². The van der Waals surface area contributed by atoms with Gasteiger partial charge in [-0.2, -0.15) is 18.8 Å². The third-order valence-electron chi connectivity index (χ3n) is 12.2. The molecule has 8 aromatic rings. The molecule has 3 aliphatic heterocycles. The second-order valence-corrected chi connectivity index (χ2v) is 18.9. The second-order valence-electron chi connectivity index (χ2n) is 17.9. The van der Waals surface area contributed by atoms with Gasteiger partial charge in [0.15, 0.2) is 0 Å².